The summed E-state index contributed by atoms with van der Waals surface area (Å²) in [5.74, 6) is -23.6. The fourth-order valence-electron chi connectivity index (χ4n) is 14.4. The highest BCUT2D eigenvalue weighted by atomic mass is 27.2. The fourth-order valence-corrected chi connectivity index (χ4v) is 15.4. The Morgan fingerprint density at radius 1 is 0.541 bits per heavy atom. The third-order valence-corrected chi connectivity index (χ3v) is 19.0. The molecule has 8 aliphatic rings. The molecule has 0 aliphatic heterocycles. The molecule has 0 amide bonds. The number of hydrogen-bond donors (Lipinski definition) is 13. The van der Waals surface area contributed by atoms with Gasteiger partial charge in [0, 0.05) is 61.1 Å². The van der Waals surface area contributed by atoms with E-state index in [4.69, 9.17) is 17.1 Å². The number of carbonyl (C=O) groups is 4. The first kappa shape index (κ1) is 60.6. The molecule has 419 valence electrons. The molecule has 0 heterocycles. The molecule has 8 aliphatic carbocycles. The largest absolute Gasteiger partial charge is 0.848 e. The molecule has 31 atom stereocenters. The zero-order chi connectivity index (χ0) is 52.8. The molecule has 74 heavy (non-hydrogen) atoms. The number of Topliss-reactive ketones (excluding diaryl/α,β-unsaturated/α-hetero) is 2. The lowest BCUT2D eigenvalue weighted by Gasteiger charge is -2.55. The molecule has 8 saturated carbocycles. The number of ketones is 4. The lowest BCUT2D eigenvalue weighted by Crippen LogP contribution is -2.71. The van der Waals surface area contributed by atoms with Gasteiger partial charge < -0.3 is 105 Å². The minimum Gasteiger partial charge on any atom is -0.848 e. The summed E-state index contributed by atoms with van der Waals surface area (Å²) < 4.78 is 24.5. The maximum Gasteiger partial charge on any atom is 0.668 e. The maximum absolute atomic E-state index is 14.8. The molecule has 0 aromatic rings. The monoisotopic (exact) mass is 1080 g/mol. The Morgan fingerprint density at radius 3 is 1.54 bits per heavy atom. The van der Waals surface area contributed by atoms with Crippen LogP contribution in [-0.4, -0.2) is 249 Å². The number of aliphatic carboxylic acids is 2. The van der Waals surface area contributed by atoms with E-state index in [1.54, 1.807) is 0 Å². The SMILES string of the molecule is CC1C(C(=O)O)C(O)CC2C(=[OH+])C3C(CC(OC4CC(CO)C(O)C(O)C4O)C([O-])C3[O][Al][O]C3C(O)C(OC4CC(CO)C(O)C(O)C4[O-])C(O)C4C(=O)C5C(CC(O)C(C(=O)O)C5C)C(=[OH+])C34)C(=O)C21.O.[OH3+]. The molecule has 8 fully saturated rings. The Balaban J connectivity index is 0.00000446. The Labute approximate surface area is 429 Å². The predicted octanol–water partition coefficient (Wildman–Crippen LogP) is -10.1. The van der Waals surface area contributed by atoms with Gasteiger partial charge >= 0.3 is 39.4 Å². The first-order valence-corrected chi connectivity index (χ1v) is 25.6. The van der Waals surface area contributed by atoms with Crippen LogP contribution >= 0.6 is 0 Å². The lowest BCUT2D eigenvalue weighted by molar-refractivity contribution is -0.473. The van der Waals surface area contributed by atoms with Crippen molar-refractivity contribution in [1.82, 2.24) is 0 Å². The van der Waals surface area contributed by atoms with Crippen molar-refractivity contribution in [1.29, 1.82) is 0 Å². The van der Waals surface area contributed by atoms with Crippen LogP contribution in [0.5, 0.6) is 0 Å². The second-order valence-corrected chi connectivity index (χ2v) is 22.5. The molecular formula is C46H71AlO27+. The van der Waals surface area contributed by atoms with Crippen LogP contribution in [0.15, 0.2) is 0 Å². The van der Waals surface area contributed by atoms with Gasteiger partial charge in [0.1, 0.15) is 47.8 Å². The number of aliphatic hydroxyl groups excluding tert-OH is 11. The molecule has 27 nitrogen and oxygen atoms in total. The molecule has 0 aromatic carbocycles. The van der Waals surface area contributed by atoms with Crippen molar-refractivity contribution < 1.29 is 133 Å². The number of carboxylic acids is 2. The van der Waals surface area contributed by atoms with Crippen molar-refractivity contribution in [2.24, 2.45) is 82.9 Å². The van der Waals surface area contributed by atoms with E-state index >= 15 is 0 Å². The van der Waals surface area contributed by atoms with Crippen molar-refractivity contribution in [2.45, 2.75) is 150 Å². The number of ether oxygens (including phenoxy) is 2. The number of hydrogen-bond acceptors (Lipinski definition) is 21. The Kier molecular flexibility index (Phi) is 19.2. The van der Waals surface area contributed by atoms with Gasteiger partial charge in [-0.05, 0) is 43.9 Å². The highest BCUT2D eigenvalue weighted by molar-refractivity contribution is 6.18. The van der Waals surface area contributed by atoms with E-state index in [2.05, 4.69) is 0 Å². The summed E-state index contributed by atoms with van der Waals surface area (Å²) in [6.45, 7) is 1.44. The molecule has 0 bridgehead atoms. The van der Waals surface area contributed by atoms with E-state index in [1.165, 1.54) is 13.8 Å². The van der Waals surface area contributed by atoms with Crippen molar-refractivity contribution >= 4 is 51.0 Å². The van der Waals surface area contributed by atoms with E-state index in [1.807, 2.05) is 0 Å². The van der Waals surface area contributed by atoms with Crippen LogP contribution in [0.1, 0.15) is 46.0 Å². The normalized spacial score (nSPS) is 51.2. The minimum atomic E-state index is -2.15. The predicted molar refractivity (Wildman–Crippen MR) is 240 cm³/mol. The summed E-state index contributed by atoms with van der Waals surface area (Å²) in [7, 11) is 0. The van der Waals surface area contributed by atoms with E-state index in [9.17, 15) is 105 Å². The molecule has 20 N–H and O–H groups in total. The highest BCUT2D eigenvalue weighted by Gasteiger charge is 2.69. The second-order valence-electron chi connectivity index (χ2n) is 21.8. The van der Waals surface area contributed by atoms with Gasteiger partial charge in [0.25, 0.3) is 0 Å². The van der Waals surface area contributed by atoms with Crippen molar-refractivity contribution in [2.75, 3.05) is 13.2 Å². The van der Waals surface area contributed by atoms with Gasteiger partial charge in [0.15, 0.2) is 0 Å². The van der Waals surface area contributed by atoms with Crippen molar-refractivity contribution in [3.63, 3.8) is 0 Å². The molecule has 31 unspecified atom stereocenters. The molecule has 0 saturated heterocycles. The van der Waals surface area contributed by atoms with Crippen LogP contribution in [0.2, 0.25) is 0 Å². The maximum atomic E-state index is 14.8. The van der Waals surface area contributed by atoms with Gasteiger partial charge in [0.05, 0.1) is 78.4 Å². The zero-order valence-corrected chi connectivity index (χ0v) is 41.4. The summed E-state index contributed by atoms with van der Waals surface area (Å²) in [6.07, 6.45) is -32.6. The van der Waals surface area contributed by atoms with Crippen LogP contribution in [0.3, 0.4) is 0 Å². The van der Waals surface area contributed by atoms with Crippen molar-refractivity contribution in [3.05, 3.63) is 0 Å². The van der Waals surface area contributed by atoms with Gasteiger partial charge in [-0.3, -0.25) is 28.8 Å². The Bertz CT molecular complexity index is 2060. The van der Waals surface area contributed by atoms with E-state index in [-0.39, 0.29) is 17.4 Å². The number of fused-ring (bicyclic) bond motifs is 4. The first-order valence-electron chi connectivity index (χ1n) is 24.6. The van der Waals surface area contributed by atoms with Gasteiger partial charge in [0.2, 0.25) is 0 Å². The van der Waals surface area contributed by atoms with Crippen LogP contribution in [0.4, 0.5) is 0 Å². The van der Waals surface area contributed by atoms with Crippen molar-refractivity contribution in [3.8, 4) is 0 Å². The molecule has 28 heteroatoms. The Morgan fingerprint density at radius 2 is 1.01 bits per heavy atom. The third kappa shape index (κ3) is 10.1. The molecule has 0 aromatic heterocycles. The molecule has 0 spiro atoms. The highest BCUT2D eigenvalue weighted by Crippen LogP contribution is 2.53. The lowest BCUT2D eigenvalue weighted by atomic mass is 9.52. The van der Waals surface area contributed by atoms with Gasteiger partial charge in [-0.2, -0.15) is 0 Å². The quantitative estimate of drug-likeness (QED) is 0.0637. The first-order chi connectivity index (χ1) is 33.9. The summed E-state index contributed by atoms with van der Waals surface area (Å²) in [4.78, 5) is 78.1. The molecule has 8 rings (SSSR count). The zero-order valence-electron chi connectivity index (χ0n) is 40.3. The smallest absolute Gasteiger partial charge is 0.668 e. The second kappa shape index (κ2) is 23.4. The Hall–Kier alpha value is -2.61. The standard InChI is InChI=1S/C23H32O13.C23H32O12.Al.2H2O/c1-5-10-7(3-8(25)11(5)23(34)35)15(27)12-13(17(10)29)19(31)22(21(33)18(12)30)36-9-2-6(4-24)14(26)20(32)16(9)28;1-6-13-8(3-10(25)14(6)23(33)34)18(28)15-9(17(13)27)4-12(19(29)21(15)31)35-11-2-7(5-24)16(26)22(32)20(11)30;;;/h5-14,16,18-22,24-26,31-33H,2-4H2,1H3,(H,34,35);6-16,19-22,24-26,30,32H,2-5H2,1H3,(H,33,34);;2*1H2/q2*-2;+2;;/p+3. The fraction of sp³-hybridized carbons (Fsp3) is 0.870. The number of aliphatic hydroxyl groups is 11. The van der Waals surface area contributed by atoms with Gasteiger partial charge in [-0.25, -0.2) is 0 Å². The van der Waals surface area contributed by atoms with E-state index in [0.717, 1.165) is 0 Å². The van der Waals surface area contributed by atoms with Gasteiger partial charge in [-0.1, -0.05) is 26.1 Å². The summed E-state index contributed by atoms with van der Waals surface area (Å²) in [5.41, 5.74) is 0. The van der Waals surface area contributed by atoms with Crippen LogP contribution in [0, 0.1) is 82.9 Å². The topological polar surface area (TPSA) is 522 Å². The molecule has 1 radical (unpaired) electrons. The van der Waals surface area contributed by atoms with Crippen LogP contribution < -0.4 is 10.2 Å². The third-order valence-electron chi connectivity index (χ3n) is 18.1. The molecular weight excluding hydrogens is 1010 g/mol. The number of carboxylic acid groups (broad SMARTS) is 2. The van der Waals surface area contributed by atoms with E-state index < -0.39 is 276 Å². The minimum absolute atomic E-state index is 0. The van der Waals surface area contributed by atoms with Crippen LogP contribution in [0.25, 0.3) is 0 Å². The van der Waals surface area contributed by atoms with Gasteiger partial charge in [-0.15, -0.1) is 0 Å². The summed E-state index contributed by atoms with van der Waals surface area (Å²) >= 11 is -2.15. The number of carbonyl (C=O) groups excluding carboxylic acids is 4. The average molecular weight is 1080 g/mol. The average Bonchev–Trinajstić information content (AvgIpc) is 3.32. The summed E-state index contributed by atoms with van der Waals surface area (Å²) in [5, 5.41) is 167. The number of rotatable bonds is 12. The summed E-state index contributed by atoms with van der Waals surface area (Å²) in [6, 6.07) is 0. The van der Waals surface area contributed by atoms with E-state index in [0.29, 0.717) is 0 Å². The van der Waals surface area contributed by atoms with Crippen LogP contribution in [-0.2, 0) is 41.7 Å².